The van der Waals surface area contributed by atoms with Crippen LogP contribution >= 0.6 is 11.8 Å². The SMILES string of the molecule is COC(CNC1CCCCC1SC)OC. The van der Waals surface area contributed by atoms with Crippen LogP contribution in [0.15, 0.2) is 0 Å². The van der Waals surface area contributed by atoms with E-state index < -0.39 is 0 Å². The van der Waals surface area contributed by atoms with E-state index >= 15 is 0 Å². The number of methoxy groups -OCH3 is 2. The van der Waals surface area contributed by atoms with Gasteiger partial charge in [-0.05, 0) is 19.1 Å². The van der Waals surface area contributed by atoms with Crippen molar-refractivity contribution < 1.29 is 9.47 Å². The smallest absolute Gasteiger partial charge is 0.169 e. The molecule has 1 aliphatic carbocycles. The summed E-state index contributed by atoms with van der Waals surface area (Å²) in [7, 11) is 3.37. The quantitative estimate of drug-likeness (QED) is 0.710. The predicted molar refractivity (Wildman–Crippen MR) is 65.4 cm³/mol. The lowest BCUT2D eigenvalue weighted by Gasteiger charge is -2.32. The molecule has 0 spiro atoms. The predicted octanol–water partition coefficient (Wildman–Crippen LogP) is 1.87. The lowest BCUT2D eigenvalue weighted by atomic mass is 9.95. The second-order valence-electron chi connectivity index (χ2n) is 3.97. The third-order valence-corrected chi connectivity index (χ3v) is 4.25. The fraction of sp³-hybridized carbons (Fsp3) is 1.00. The molecule has 1 aliphatic rings. The van der Waals surface area contributed by atoms with E-state index in [9.17, 15) is 0 Å². The van der Waals surface area contributed by atoms with Crippen LogP contribution in [0, 0.1) is 0 Å². The lowest BCUT2D eigenvalue weighted by molar-refractivity contribution is -0.100. The van der Waals surface area contributed by atoms with Gasteiger partial charge in [0.25, 0.3) is 0 Å². The molecule has 0 saturated heterocycles. The topological polar surface area (TPSA) is 30.5 Å². The Bertz CT molecular complexity index is 165. The average Bonchev–Trinajstić information content (AvgIpc) is 2.31. The zero-order valence-electron chi connectivity index (χ0n) is 9.99. The minimum atomic E-state index is -0.116. The van der Waals surface area contributed by atoms with E-state index in [1.807, 2.05) is 11.8 Å². The molecule has 0 heterocycles. The monoisotopic (exact) mass is 233 g/mol. The summed E-state index contributed by atoms with van der Waals surface area (Å²) in [5, 5.41) is 4.31. The molecule has 0 amide bonds. The molecule has 3 nitrogen and oxygen atoms in total. The van der Waals surface area contributed by atoms with Crippen molar-refractivity contribution in [2.45, 2.75) is 43.3 Å². The molecule has 1 saturated carbocycles. The maximum absolute atomic E-state index is 5.17. The second-order valence-corrected chi connectivity index (χ2v) is 5.05. The van der Waals surface area contributed by atoms with Crippen LogP contribution in [0.3, 0.4) is 0 Å². The van der Waals surface area contributed by atoms with Crippen molar-refractivity contribution in [2.24, 2.45) is 0 Å². The summed E-state index contributed by atoms with van der Waals surface area (Å²) in [6.07, 6.45) is 7.43. The Morgan fingerprint density at radius 2 is 1.93 bits per heavy atom. The molecule has 90 valence electrons. The van der Waals surface area contributed by atoms with E-state index in [2.05, 4.69) is 11.6 Å². The fourth-order valence-corrected chi connectivity index (χ4v) is 3.09. The van der Waals surface area contributed by atoms with Gasteiger partial charge in [0.05, 0.1) is 0 Å². The summed E-state index contributed by atoms with van der Waals surface area (Å²) < 4.78 is 10.3. The summed E-state index contributed by atoms with van der Waals surface area (Å²) in [6.45, 7) is 0.786. The molecule has 0 aliphatic heterocycles. The maximum Gasteiger partial charge on any atom is 0.169 e. The van der Waals surface area contributed by atoms with Crippen molar-refractivity contribution in [1.82, 2.24) is 5.32 Å². The van der Waals surface area contributed by atoms with E-state index in [1.165, 1.54) is 25.7 Å². The molecule has 0 aromatic rings. The highest BCUT2D eigenvalue weighted by molar-refractivity contribution is 7.99. The Balaban J connectivity index is 2.28. The molecule has 15 heavy (non-hydrogen) atoms. The Kier molecular flexibility index (Phi) is 6.64. The van der Waals surface area contributed by atoms with Crippen LogP contribution in [0.1, 0.15) is 25.7 Å². The molecule has 4 heteroatoms. The Labute approximate surface area is 97.3 Å². The van der Waals surface area contributed by atoms with E-state index in [-0.39, 0.29) is 6.29 Å². The zero-order valence-corrected chi connectivity index (χ0v) is 10.8. The summed E-state index contributed by atoms with van der Waals surface area (Å²) in [5.74, 6) is 0. The molecule has 0 radical (unpaired) electrons. The van der Waals surface area contributed by atoms with Crippen LogP contribution in [0.25, 0.3) is 0 Å². The van der Waals surface area contributed by atoms with Gasteiger partial charge in [0, 0.05) is 32.1 Å². The van der Waals surface area contributed by atoms with Gasteiger partial charge in [0.15, 0.2) is 6.29 Å². The first kappa shape index (κ1) is 13.3. The Morgan fingerprint density at radius 1 is 1.27 bits per heavy atom. The van der Waals surface area contributed by atoms with E-state index in [4.69, 9.17) is 9.47 Å². The van der Waals surface area contributed by atoms with Crippen molar-refractivity contribution in [3.8, 4) is 0 Å². The van der Waals surface area contributed by atoms with Crippen LogP contribution in [0.4, 0.5) is 0 Å². The van der Waals surface area contributed by atoms with Crippen molar-refractivity contribution in [1.29, 1.82) is 0 Å². The number of ether oxygens (including phenoxy) is 2. The largest absolute Gasteiger partial charge is 0.355 e. The van der Waals surface area contributed by atoms with Gasteiger partial charge >= 0.3 is 0 Å². The van der Waals surface area contributed by atoms with Crippen LogP contribution in [0.5, 0.6) is 0 Å². The molecule has 1 rings (SSSR count). The van der Waals surface area contributed by atoms with Crippen molar-refractivity contribution >= 4 is 11.8 Å². The van der Waals surface area contributed by atoms with E-state index in [1.54, 1.807) is 14.2 Å². The Hall–Kier alpha value is 0.230. The first-order valence-electron chi connectivity index (χ1n) is 5.63. The zero-order chi connectivity index (χ0) is 11.1. The summed E-state index contributed by atoms with van der Waals surface area (Å²) in [5.41, 5.74) is 0. The summed E-state index contributed by atoms with van der Waals surface area (Å²) >= 11 is 1.98. The van der Waals surface area contributed by atoms with E-state index in [0.29, 0.717) is 6.04 Å². The molecule has 0 bridgehead atoms. The van der Waals surface area contributed by atoms with Gasteiger partial charge in [-0.15, -0.1) is 0 Å². The summed E-state index contributed by atoms with van der Waals surface area (Å²) in [6, 6.07) is 0.626. The number of hydrogen-bond acceptors (Lipinski definition) is 4. The van der Waals surface area contributed by atoms with Gasteiger partial charge < -0.3 is 14.8 Å². The van der Waals surface area contributed by atoms with Gasteiger partial charge in [0.2, 0.25) is 0 Å². The van der Waals surface area contributed by atoms with Crippen LogP contribution in [-0.2, 0) is 9.47 Å². The third kappa shape index (κ3) is 4.31. The van der Waals surface area contributed by atoms with Gasteiger partial charge in [-0.1, -0.05) is 12.8 Å². The molecule has 0 aromatic carbocycles. The standard InChI is InChI=1S/C11H23NO2S/c1-13-11(14-2)8-12-9-6-4-5-7-10(9)15-3/h9-12H,4-8H2,1-3H3. The van der Waals surface area contributed by atoms with Gasteiger partial charge in [-0.3, -0.25) is 0 Å². The van der Waals surface area contributed by atoms with E-state index in [0.717, 1.165) is 11.8 Å². The lowest BCUT2D eigenvalue weighted by Crippen LogP contribution is -2.44. The molecular weight excluding hydrogens is 210 g/mol. The van der Waals surface area contributed by atoms with Crippen molar-refractivity contribution in [2.75, 3.05) is 27.0 Å². The maximum atomic E-state index is 5.17. The molecule has 2 atom stereocenters. The van der Waals surface area contributed by atoms with Crippen LogP contribution in [-0.4, -0.2) is 44.6 Å². The second kappa shape index (κ2) is 7.49. The number of nitrogens with one attached hydrogen (secondary N) is 1. The number of hydrogen-bond donors (Lipinski definition) is 1. The first-order chi connectivity index (χ1) is 7.31. The van der Waals surface area contributed by atoms with Crippen LogP contribution in [0.2, 0.25) is 0 Å². The number of rotatable bonds is 6. The molecule has 0 aromatic heterocycles. The Morgan fingerprint density at radius 3 is 2.53 bits per heavy atom. The average molecular weight is 233 g/mol. The fourth-order valence-electron chi connectivity index (χ4n) is 2.12. The molecule has 2 unspecified atom stereocenters. The van der Waals surface area contributed by atoms with Gasteiger partial charge in [-0.2, -0.15) is 11.8 Å². The number of thioether (sulfide) groups is 1. The highest BCUT2D eigenvalue weighted by Crippen LogP contribution is 2.27. The molecule has 1 fully saturated rings. The minimum Gasteiger partial charge on any atom is -0.355 e. The van der Waals surface area contributed by atoms with Crippen LogP contribution < -0.4 is 5.32 Å². The third-order valence-electron chi connectivity index (χ3n) is 3.08. The summed E-state index contributed by atoms with van der Waals surface area (Å²) in [4.78, 5) is 0. The molecule has 1 N–H and O–H groups in total. The van der Waals surface area contributed by atoms with Crippen molar-refractivity contribution in [3.63, 3.8) is 0 Å². The van der Waals surface area contributed by atoms with Gasteiger partial charge in [0.1, 0.15) is 0 Å². The van der Waals surface area contributed by atoms with Gasteiger partial charge in [-0.25, -0.2) is 0 Å². The normalized spacial score (nSPS) is 27.2. The first-order valence-corrected chi connectivity index (χ1v) is 6.92. The minimum absolute atomic E-state index is 0.116. The molecular formula is C11H23NO2S. The highest BCUT2D eigenvalue weighted by atomic mass is 32.2. The highest BCUT2D eigenvalue weighted by Gasteiger charge is 2.24. The van der Waals surface area contributed by atoms with Crippen molar-refractivity contribution in [3.05, 3.63) is 0 Å².